The number of terminal acetylenes is 1. The maximum absolute atomic E-state index is 7.03. The van der Waals surface area contributed by atoms with E-state index in [4.69, 9.17) is 10.8 Å². The first-order valence-electron chi connectivity index (χ1n) is 12.2. The summed E-state index contributed by atoms with van der Waals surface area (Å²) in [7, 11) is -2.49. The van der Waals surface area contributed by atoms with Crippen molar-refractivity contribution in [2.75, 3.05) is 6.61 Å². The Morgan fingerprint density at radius 2 is 1.29 bits per heavy atom. The minimum atomic E-state index is -2.49. The van der Waals surface area contributed by atoms with Gasteiger partial charge in [0.1, 0.15) is 0 Å². The van der Waals surface area contributed by atoms with Crippen LogP contribution in [0.2, 0.25) is 5.04 Å². The molecule has 0 saturated heterocycles. The summed E-state index contributed by atoms with van der Waals surface area (Å²) in [5.74, 6) is 3.22. The number of hydrogen-bond acceptors (Lipinski definition) is 1. The highest BCUT2D eigenvalue weighted by Crippen LogP contribution is 2.37. The van der Waals surface area contributed by atoms with E-state index in [1.165, 1.54) is 55.3 Å². The molecule has 0 amide bonds. The molecule has 1 nitrogen and oxygen atoms in total. The third kappa shape index (κ3) is 7.09. The third-order valence-electron chi connectivity index (χ3n) is 6.31. The molecule has 2 heteroatoms. The quantitative estimate of drug-likeness (QED) is 0.188. The maximum atomic E-state index is 7.03. The molecule has 1 unspecified atom stereocenters. The molecule has 0 heterocycles. The second-order valence-electron chi connectivity index (χ2n) is 9.75. The topological polar surface area (TPSA) is 9.23 Å². The second kappa shape index (κ2) is 12.9. The van der Waals surface area contributed by atoms with Gasteiger partial charge in [-0.25, -0.2) is 0 Å². The molecule has 2 aromatic rings. The number of hydrogen-bond donors (Lipinski definition) is 0. The monoisotopic (exact) mass is 434 g/mol. The molecule has 0 N–H and O–H groups in total. The van der Waals surface area contributed by atoms with Gasteiger partial charge in [0.2, 0.25) is 0 Å². The van der Waals surface area contributed by atoms with Crippen molar-refractivity contribution in [3.63, 3.8) is 0 Å². The molecule has 0 aliphatic rings. The lowest BCUT2D eigenvalue weighted by Crippen LogP contribution is -2.66. The van der Waals surface area contributed by atoms with Gasteiger partial charge in [0, 0.05) is 12.5 Å². The van der Waals surface area contributed by atoms with Crippen LogP contribution in [0.25, 0.3) is 0 Å². The van der Waals surface area contributed by atoms with Crippen LogP contribution in [0.1, 0.15) is 79.1 Å². The Morgan fingerprint density at radius 3 is 1.74 bits per heavy atom. The first-order valence-corrected chi connectivity index (χ1v) is 14.1. The largest absolute Gasteiger partial charge is 0.406 e. The van der Waals surface area contributed by atoms with E-state index in [2.05, 4.69) is 94.3 Å². The average Bonchev–Trinajstić information content (AvgIpc) is 2.78. The van der Waals surface area contributed by atoms with E-state index < -0.39 is 8.32 Å². The van der Waals surface area contributed by atoms with Crippen LogP contribution in [0.5, 0.6) is 0 Å². The van der Waals surface area contributed by atoms with Crippen molar-refractivity contribution in [3.05, 3.63) is 60.7 Å². The zero-order valence-corrected chi connectivity index (χ0v) is 21.2. The van der Waals surface area contributed by atoms with Gasteiger partial charge < -0.3 is 4.43 Å². The van der Waals surface area contributed by atoms with E-state index in [0.717, 1.165) is 6.42 Å². The molecule has 0 fully saturated rings. The first kappa shape index (κ1) is 25.4. The molecule has 0 bridgehead atoms. The van der Waals surface area contributed by atoms with Gasteiger partial charge in [-0.2, -0.15) is 0 Å². The number of rotatable bonds is 13. The van der Waals surface area contributed by atoms with E-state index in [0.29, 0.717) is 6.61 Å². The smallest absolute Gasteiger partial charge is 0.261 e. The standard InChI is InChI=1S/C29H42OSi/c1-6-8-9-10-11-12-15-20-26(7-2)25-30-31(29(3,4)5,27-21-16-13-17-22-27)28-23-18-14-19-24-28/h2,13-14,16-19,21-24,26H,6,8-12,15,20,25H2,1,3-5H3. The predicted octanol–water partition coefficient (Wildman–Crippen LogP) is 6.95. The minimum Gasteiger partial charge on any atom is -0.406 e. The molecular weight excluding hydrogens is 392 g/mol. The lowest BCUT2D eigenvalue weighted by atomic mass is 10.0. The van der Waals surface area contributed by atoms with Crippen LogP contribution in [0.15, 0.2) is 60.7 Å². The van der Waals surface area contributed by atoms with Crippen molar-refractivity contribution >= 4 is 18.7 Å². The van der Waals surface area contributed by atoms with Gasteiger partial charge in [0.25, 0.3) is 8.32 Å². The number of benzene rings is 2. The summed E-state index contributed by atoms with van der Waals surface area (Å²) < 4.78 is 7.03. The van der Waals surface area contributed by atoms with Crippen LogP contribution in [0.3, 0.4) is 0 Å². The molecule has 0 aromatic heterocycles. The van der Waals surface area contributed by atoms with Crippen LogP contribution in [-0.2, 0) is 4.43 Å². The Morgan fingerprint density at radius 1 is 0.806 bits per heavy atom. The number of unbranched alkanes of at least 4 members (excludes halogenated alkanes) is 6. The van der Waals surface area contributed by atoms with E-state index in [-0.39, 0.29) is 11.0 Å². The Bertz CT molecular complexity index is 730. The van der Waals surface area contributed by atoms with Crippen molar-refractivity contribution in [1.82, 2.24) is 0 Å². The molecular formula is C29H42OSi. The molecule has 0 aliphatic heterocycles. The summed E-state index contributed by atoms with van der Waals surface area (Å²) in [6, 6.07) is 21.7. The highest BCUT2D eigenvalue weighted by Gasteiger charge is 2.50. The molecule has 31 heavy (non-hydrogen) atoms. The van der Waals surface area contributed by atoms with Crippen LogP contribution in [0.4, 0.5) is 0 Å². The van der Waals surface area contributed by atoms with Gasteiger partial charge in [0.15, 0.2) is 0 Å². The van der Waals surface area contributed by atoms with Crippen LogP contribution >= 0.6 is 0 Å². The van der Waals surface area contributed by atoms with Crippen molar-refractivity contribution in [2.45, 2.75) is 84.1 Å². The fraction of sp³-hybridized carbons (Fsp3) is 0.517. The lowest BCUT2D eigenvalue weighted by Gasteiger charge is -2.43. The highest BCUT2D eigenvalue weighted by atomic mass is 28.4. The van der Waals surface area contributed by atoms with E-state index in [1.54, 1.807) is 0 Å². The molecule has 0 spiro atoms. The van der Waals surface area contributed by atoms with Gasteiger partial charge in [0.05, 0.1) is 0 Å². The van der Waals surface area contributed by atoms with Gasteiger partial charge in [-0.05, 0) is 21.8 Å². The van der Waals surface area contributed by atoms with Gasteiger partial charge in [-0.15, -0.1) is 12.3 Å². The van der Waals surface area contributed by atoms with Gasteiger partial charge in [-0.1, -0.05) is 133 Å². The van der Waals surface area contributed by atoms with Gasteiger partial charge >= 0.3 is 0 Å². The molecule has 0 aliphatic carbocycles. The van der Waals surface area contributed by atoms with E-state index in [1.807, 2.05) is 0 Å². The lowest BCUT2D eigenvalue weighted by molar-refractivity contribution is 0.255. The summed E-state index contributed by atoms with van der Waals surface area (Å²) in [4.78, 5) is 0. The Kier molecular flexibility index (Phi) is 10.6. The predicted molar refractivity (Wildman–Crippen MR) is 139 cm³/mol. The van der Waals surface area contributed by atoms with Gasteiger partial charge in [-0.3, -0.25) is 0 Å². The normalized spacial score (nSPS) is 13.0. The summed E-state index contributed by atoms with van der Waals surface area (Å²) >= 11 is 0. The molecule has 1 atom stereocenters. The summed E-state index contributed by atoms with van der Waals surface area (Å²) in [5, 5.41) is 2.63. The SMILES string of the molecule is C#CC(CCCCCCCCC)CO[Si](c1ccccc1)(c1ccccc1)C(C)(C)C. The molecule has 2 aromatic carbocycles. The van der Waals surface area contributed by atoms with Crippen LogP contribution in [-0.4, -0.2) is 14.9 Å². The Balaban J connectivity index is 2.14. The van der Waals surface area contributed by atoms with E-state index >= 15 is 0 Å². The maximum Gasteiger partial charge on any atom is 0.261 e. The molecule has 2 rings (SSSR count). The molecule has 0 saturated carbocycles. The zero-order chi connectivity index (χ0) is 22.6. The van der Waals surface area contributed by atoms with E-state index in [9.17, 15) is 0 Å². The van der Waals surface area contributed by atoms with Crippen molar-refractivity contribution in [3.8, 4) is 12.3 Å². The van der Waals surface area contributed by atoms with Crippen LogP contribution in [0, 0.1) is 18.3 Å². The zero-order valence-electron chi connectivity index (χ0n) is 20.2. The van der Waals surface area contributed by atoms with Crippen LogP contribution < -0.4 is 10.4 Å². The average molecular weight is 435 g/mol. The van der Waals surface area contributed by atoms with Crippen molar-refractivity contribution in [2.24, 2.45) is 5.92 Å². The minimum absolute atomic E-state index is 0.00582. The molecule has 168 valence electrons. The second-order valence-corrected chi connectivity index (χ2v) is 14.1. The van der Waals surface area contributed by atoms with Crippen molar-refractivity contribution < 1.29 is 4.43 Å². The summed E-state index contributed by atoms with van der Waals surface area (Å²) in [6.45, 7) is 9.87. The Labute approximate surface area is 192 Å². The highest BCUT2D eigenvalue weighted by molar-refractivity contribution is 6.99. The van der Waals surface area contributed by atoms with Crippen molar-refractivity contribution in [1.29, 1.82) is 0 Å². The summed E-state index contributed by atoms with van der Waals surface area (Å²) in [5.41, 5.74) is 0. The fourth-order valence-corrected chi connectivity index (χ4v) is 9.16. The fourth-order valence-electron chi connectivity index (χ4n) is 4.55. The Hall–Kier alpha value is -1.82. The molecule has 0 radical (unpaired) electrons. The third-order valence-corrected chi connectivity index (χ3v) is 11.3. The first-order chi connectivity index (χ1) is 15.0. The summed E-state index contributed by atoms with van der Waals surface area (Å²) in [6.07, 6.45) is 16.2.